The molecule has 0 bridgehead atoms. The number of hydrogen-bond acceptors (Lipinski definition) is 7. The van der Waals surface area contributed by atoms with Crippen LogP contribution in [0.2, 0.25) is 0 Å². The normalized spacial score (nSPS) is 11.2. The molecule has 0 fully saturated rings. The fourth-order valence-corrected chi connectivity index (χ4v) is 5.19. The Bertz CT molecular complexity index is 1450. The predicted molar refractivity (Wildman–Crippen MR) is 136 cm³/mol. The highest BCUT2D eigenvalue weighted by molar-refractivity contribution is 7.93. The van der Waals surface area contributed by atoms with Crippen LogP contribution in [0.3, 0.4) is 0 Å². The first-order valence-corrected chi connectivity index (χ1v) is 12.2. The van der Waals surface area contributed by atoms with Crippen molar-refractivity contribution in [3.05, 3.63) is 79.1 Å². The third-order valence-corrected chi connectivity index (χ3v) is 7.12. The average Bonchev–Trinajstić information content (AvgIpc) is 2.87. The van der Waals surface area contributed by atoms with Crippen LogP contribution in [0.4, 0.5) is 17.1 Å². The van der Waals surface area contributed by atoms with Crippen LogP contribution in [0.15, 0.2) is 84.0 Å². The summed E-state index contributed by atoms with van der Waals surface area (Å²) in [7, 11) is 0.989. The molecule has 0 saturated heterocycles. The molecular weight excluding hydrogens is 466 g/mol. The summed E-state index contributed by atoms with van der Waals surface area (Å²) >= 11 is 0. The molecule has 0 saturated carbocycles. The van der Waals surface area contributed by atoms with Crippen molar-refractivity contribution in [2.75, 3.05) is 42.3 Å². The molecule has 0 aliphatic heterocycles. The van der Waals surface area contributed by atoms with Crippen molar-refractivity contribution in [2.24, 2.45) is 0 Å². The molecule has 2 aromatic heterocycles. The van der Waals surface area contributed by atoms with E-state index in [1.807, 2.05) is 31.1 Å². The number of anilines is 3. The molecule has 0 radical (unpaired) electrons. The number of aromatic nitrogens is 2. The van der Waals surface area contributed by atoms with Gasteiger partial charge in [0.1, 0.15) is 17.1 Å². The van der Waals surface area contributed by atoms with E-state index in [4.69, 9.17) is 4.74 Å². The molecule has 0 atom stereocenters. The Morgan fingerprint density at radius 2 is 1.63 bits per heavy atom. The summed E-state index contributed by atoms with van der Waals surface area (Å²) in [5, 5.41) is 3.43. The van der Waals surface area contributed by atoms with E-state index in [-0.39, 0.29) is 16.5 Å². The zero-order chi connectivity index (χ0) is 25.0. The number of carbonyl (C=O) groups excluding carboxylic acids is 1. The van der Waals surface area contributed by atoms with Crippen molar-refractivity contribution in [1.82, 2.24) is 9.97 Å². The Labute approximate surface area is 204 Å². The number of para-hydroxylation sites is 1. The van der Waals surface area contributed by atoms with Crippen LogP contribution in [-0.2, 0) is 14.8 Å². The fourth-order valence-electron chi connectivity index (χ4n) is 3.61. The summed E-state index contributed by atoms with van der Waals surface area (Å²) in [6.45, 7) is -0.497. The Hall–Kier alpha value is -4.18. The number of methoxy groups -OCH3 is 1. The molecule has 4 rings (SSSR count). The van der Waals surface area contributed by atoms with Crippen LogP contribution in [0.5, 0.6) is 5.88 Å². The number of nitrogens with zero attached hydrogens (tertiary/aromatic N) is 4. The van der Waals surface area contributed by atoms with E-state index >= 15 is 0 Å². The van der Waals surface area contributed by atoms with Gasteiger partial charge in [-0.2, -0.15) is 0 Å². The lowest BCUT2D eigenvalue weighted by atomic mass is 10.2. The number of fused-ring (bicyclic) bond motifs is 1. The Kier molecular flexibility index (Phi) is 6.83. The minimum absolute atomic E-state index is 0.0235. The standard InChI is InChI=1S/C25H25N5O4S/c1-29(2)20-13-11-19(12-14-20)28-23(31)17-30(21-9-6-16-27-25(21)34-3)35(32,33)22-10-4-7-18-8-5-15-26-24(18)22/h4-16H,17H2,1-3H3,(H,28,31). The number of rotatable bonds is 8. The maximum Gasteiger partial charge on any atom is 0.267 e. The van der Waals surface area contributed by atoms with Crippen LogP contribution in [0.25, 0.3) is 10.9 Å². The molecule has 2 aromatic carbocycles. The molecule has 35 heavy (non-hydrogen) atoms. The van der Waals surface area contributed by atoms with Crippen LogP contribution in [0.1, 0.15) is 0 Å². The number of pyridine rings is 2. The van der Waals surface area contributed by atoms with Gasteiger partial charge in [0.25, 0.3) is 10.0 Å². The molecule has 1 N–H and O–H groups in total. The van der Waals surface area contributed by atoms with E-state index < -0.39 is 22.5 Å². The quantitative estimate of drug-likeness (QED) is 0.402. The van der Waals surface area contributed by atoms with Crippen LogP contribution in [0, 0.1) is 0 Å². The molecule has 9 nitrogen and oxygen atoms in total. The van der Waals surface area contributed by atoms with Gasteiger partial charge < -0.3 is 15.0 Å². The highest BCUT2D eigenvalue weighted by atomic mass is 32.2. The smallest absolute Gasteiger partial charge is 0.267 e. The van der Waals surface area contributed by atoms with E-state index in [0.29, 0.717) is 16.6 Å². The minimum Gasteiger partial charge on any atom is -0.479 e. The summed E-state index contributed by atoms with van der Waals surface area (Å²) < 4.78 is 34.2. The topological polar surface area (TPSA) is 105 Å². The molecule has 4 aromatic rings. The number of carbonyl (C=O) groups is 1. The Morgan fingerprint density at radius 3 is 2.34 bits per heavy atom. The first-order chi connectivity index (χ1) is 16.8. The zero-order valence-electron chi connectivity index (χ0n) is 19.5. The van der Waals surface area contributed by atoms with Crippen molar-refractivity contribution in [2.45, 2.75) is 4.90 Å². The van der Waals surface area contributed by atoms with E-state index in [1.165, 1.54) is 25.6 Å². The zero-order valence-corrected chi connectivity index (χ0v) is 20.4. The second-order valence-electron chi connectivity index (χ2n) is 7.86. The number of sulfonamides is 1. The van der Waals surface area contributed by atoms with Gasteiger partial charge >= 0.3 is 0 Å². The third kappa shape index (κ3) is 5.02. The third-order valence-electron chi connectivity index (χ3n) is 5.33. The van der Waals surface area contributed by atoms with Crippen LogP contribution in [-0.4, -0.2) is 52.0 Å². The summed E-state index contributed by atoms with van der Waals surface area (Å²) in [4.78, 5) is 23.4. The predicted octanol–water partition coefficient (Wildman–Crippen LogP) is 3.54. The van der Waals surface area contributed by atoms with Gasteiger partial charge in [0, 0.05) is 43.3 Å². The summed E-state index contributed by atoms with van der Waals surface area (Å²) in [5.74, 6) is -0.447. The van der Waals surface area contributed by atoms with E-state index in [2.05, 4.69) is 15.3 Å². The highest BCUT2D eigenvalue weighted by Crippen LogP contribution is 2.32. The average molecular weight is 492 g/mol. The van der Waals surface area contributed by atoms with Gasteiger partial charge in [-0.05, 0) is 48.5 Å². The highest BCUT2D eigenvalue weighted by Gasteiger charge is 2.31. The lowest BCUT2D eigenvalue weighted by Gasteiger charge is -2.25. The van der Waals surface area contributed by atoms with Crippen molar-refractivity contribution in [3.63, 3.8) is 0 Å². The minimum atomic E-state index is -4.24. The van der Waals surface area contributed by atoms with Crippen molar-refractivity contribution in [3.8, 4) is 5.88 Å². The maximum absolute atomic E-state index is 13.9. The lowest BCUT2D eigenvalue weighted by molar-refractivity contribution is -0.114. The molecule has 2 heterocycles. The summed E-state index contributed by atoms with van der Waals surface area (Å²) in [5.41, 5.74) is 1.96. The van der Waals surface area contributed by atoms with Gasteiger partial charge in [0.15, 0.2) is 0 Å². The number of amides is 1. The number of ether oxygens (including phenoxy) is 1. The molecule has 0 aliphatic rings. The largest absolute Gasteiger partial charge is 0.479 e. The summed E-state index contributed by atoms with van der Waals surface area (Å²) in [6, 6.07) is 18.8. The van der Waals surface area contributed by atoms with E-state index in [0.717, 1.165) is 9.99 Å². The number of hydrogen-bond donors (Lipinski definition) is 1. The van der Waals surface area contributed by atoms with Crippen molar-refractivity contribution >= 4 is 43.9 Å². The summed E-state index contributed by atoms with van der Waals surface area (Å²) in [6.07, 6.45) is 3.01. The van der Waals surface area contributed by atoms with E-state index in [1.54, 1.807) is 48.5 Å². The SMILES string of the molecule is COc1ncccc1N(CC(=O)Nc1ccc(N(C)C)cc1)S(=O)(=O)c1cccc2cccnc12. The van der Waals surface area contributed by atoms with Gasteiger partial charge in [-0.3, -0.25) is 14.1 Å². The lowest BCUT2D eigenvalue weighted by Crippen LogP contribution is -2.38. The van der Waals surface area contributed by atoms with Crippen LogP contribution >= 0.6 is 0 Å². The maximum atomic E-state index is 13.9. The van der Waals surface area contributed by atoms with Crippen molar-refractivity contribution in [1.29, 1.82) is 0 Å². The number of benzene rings is 2. The Morgan fingerprint density at radius 1 is 0.943 bits per heavy atom. The van der Waals surface area contributed by atoms with E-state index in [9.17, 15) is 13.2 Å². The van der Waals surface area contributed by atoms with Gasteiger partial charge in [0.2, 0.25) is 11.8 Å². The molecule has 0 unspecified atom stereocenters. The first kappa shape index (κ1) is 24.0. The monoisotopic (exact) mass is 491 g/mol. The molecule has 10 heteroatoms. The number of nitrogens with one attached hydrogen (secondary N) is 1. The molecule has 0 aliphatic carbocycles. The van der Waals surface area contributed by atoms with Crippen molar-refractivity contribution < 1.29 is 17.9 Å². The van der Waals surface area contributed by atoms with Gasteiger partial charge in [-0.25, -0.2) is 13.4 Å². The second kappa shape index (κ2) is 9.98. The van der Waals surface area contributed by atoms with Gasteiger partial charge in [-0.1, -0.05) is 18.2 Å². The second-order valence-corrected chi connectivity index (χ2v) is 9.69. The molecular formula is C25H25N5O4S. The fraction of sp³-hybridized carbons (Fsp3) is 0.160. The van der Waals surface area contributed by atoms with Crippen LogP contribution < -0.4 is 19.3 Å². The van der Waals surface area contributed by atoms with Gasteiger partial charge in [0.05, 0.1) is 12.6 Å². The first-order valence-electron chi connectivity index (χ1n) is 10.7. The Balaban J connectivity index is 1.73. The molecule has 1 amide bonds. The molecule has 0 spiro atoms. The van der Waals surface area contributed by atoms with Gasteiger partial charge in [-0.15, -0.1) is 0 Å². The molecule has 180 valence electrons.